The molecule has 8 heteroatoms. The van der Waals surface area contributed by atoms with Crippen molar-refractivity contribution in [3.05, 3.63) is 0 Å². The zero-order chi connectivity index (χ0) is 12.0. The number of sulfonamides is 1. The maximum Gasteiger partial charge on any atom is 0.407 e. The summed E-state index contributed by atoms with van der Waals surface area (Å²) in [6.45, 7) is 0.758. The molecule has 1 aliphatic heterocycles. The van der Waals surface area contributed by atoms with Gasteiger partial charge < -0.3 is 5.32 Å². The van der Waals surface area contributed by atoms with E-state index in [0.717, 1.165) is 0 Å². The molecule has 0 aromatic rings. The molecule has 2 rings (SSSR count). The third-order valence-electron chi connectivity index (χ3n) is 3.08. The van der Waals surface area contributed by atoms with E-state index in [1.807, 2.05) is 4.72 Å². The van der Waals surface area contributed by atoms with E-state index in [1.165, 1.54) is 0 Å². The lowest BCUT2D eigenvalue weighted by molar-refractivity contribution is -0.160. The Morgan fingerprint density at radius 3 is 2.31 bits per heavy atom. The van der Waals surface area contributed by atoms with Crippen molar-refractivity contribution in [1.82, 2.24) is 10.0 Å². The highest BCUT2D eigenvalue weighted by atomic mass is 32.2. The normalized spacial score (nSPS) is 29.3. The molecule has 1 unspecified atom stereocenters. The van der Waals surface area contributed by atoms with Crippen LogP contribution in [0.25, 0.3) is 0 Å². The number of nitrogens with one attached hydrogen (secondary N) is 2. The Morgan fingerprint density at radius 1 is 1.31 bits per heavy atom. The van der Waals surface area contributed by atoms with Crippen molar-refractivity contribution in [1.29, 1.82) is 0 Å². The molecule has 1 saturated carbocycles. The van der Waals surface area contributed by atoms with Gasteiger partial charge in [-0.15, -0.1) is 0 Å². The lowest BCUT2D eigenvalue weighted by Crippen LogP contribution is -2.51. The van der Waals surface area contributed by atoms with Crippen LogP contribution in [0.3, 0.4) is 0 Å². The van der Waals surface area contributed by atoms with Gasteiger partial charge in [-0.1, -0.05) is 0 Å². The first-order chi connectivity index (χ1) is 7.27. The van der Waals surface area contributed by atoms with Crippen LogP contribution in [0.2, 0.25) is 0 Å². The van der Waals surface area contributed by atoms with Gasteiger partial charge in [-0.05, 0) is 25.8 Å². The van der Waals surface area contributed by atoms with E-state index in [4.69, 9.17) is 0 Å². The van der Waals surface area contributed by atoms with Gasteiger partial charge in [0.05, 0.1) is 5.25 Å². The summed E-state index contributed by atoms with van der Waals surface area (Å²) < 4.78 is 62.9. The molecular weight excluding hydrogens is 245 g/mol. The molecule has 2 aliphatic rings. The first-order valence-electron chi connectivity index (χ1n) is 5.07. The molecule has 16 heavy (non-hydrogen) atoms. The fourth-order valence-corrected chi connectivity index (χ4v) is 3.61. The molecule has 1 atom stereocenters. The van der Waals surface area contributed by atoms with Crippen molar-refractivity contribution in [2.45, 2.75) is 36.2 Å². The molecule has 0 spiro atoms. The van der Waals surface area contributed by atoms with E-state index in [9.17, 15) is 21.6 Å². The molecule has 4 nitrogen and oxygen atoms in total. The Balaban J connectivity index is 2.10. The van der Waals surface area contributed by atoms with Crippen molar-refractivity contribution >= 4 is 10.0 Å². The second kappa shape index (κ2) is 3.58. The van der Waals surface area contributed by atoms with Gasteiger partial charge in [0.25, 0.3) is 0 Å². The molecule has 0 aromatic heterocycles. The molecule has 0 radical (unpaired) electrons. The van der Waals surface area contributed by atoms with Crippen molar-refractivity contribution in [3.8, 4) is 0 Å². The van der Waals surface area contributed by atoms with Gasteiger partial charge in [-0.3, -0.25) is 0 Å². The average molecular weight is 258 g/mol. The summed E-state index contributed by atoms with van der Waals surface area (Å²) in [6.07, 6.45) is -4.44. The maximum absolute atomic E-state index is 12.6. The summed E-state index contributed by atoms with van der Waals surface area (Å²) in [5.41, 5.74) is -2.19. The molecule has 1 saturated heterocycles. The number of hydrogen-bond acceptors (Lipinski definition) is 3. The molecule has 0 bridgehead atoms. The number of halogens is 3. The van der Waals surface area contributed by atoms with Gasteiger partial charge in [-0.2, -0.15) is 17.9 Å². The van der Waals surface area contributed by atoms with Crippen molar-refractivity contribution in [3.63, 3.8) is 0 Å². The zero-order valence-corrected chi connectivity index (χ0v) is 9.29. The predicted molar refractivity (Wildman–Crippen MR) is 51.4 cm³/mol. The SMILES string of the molecule is O=S(=O)(NC1(C(F)(F)F)CC1)C1CCNC1. The minimum absolute atomic E-state index is 0.157. The fourth-order valence-electron chi connectivity index (χ4n) is 1.82. The Bertz CT molecular complexity index is 369. The molecule has 1 heterocycles. The molecule has 94 valence electrons. The Kier molecular flexibility index (Phi) is 2.71. The summed E-state index contributed by atoms with van der Waals surface area (Å²) >= 11 is 0. The molecule has 0 amide bonds. The minimum Gasteiger partial charge on any atom is -0.315 e. The van der Waals surface area contributed by atoms with Gasteiger partial charge >= 0.3 is 6.18 Å². The third-order valence-corrected chi connectivity index (χ3v) is 5.04. The van der Waals surface area contributed by atoms with Crippen LogP contribution in [0.5, 0.6) is 0 Å². The second-order valence-electron chi connectivity index (χ2n) is 4.34. The van der Waals surface area contributed by atoms with E-state index in [1.54, 1.807) is 0 Å². The average Bonchev–Trinajstić information content (AvgIpc) is 2.73. The van der Waals surface area contributed by atoms with Crippen LogP contribution in [0.15, 0.2) is 0 Å². The molecule has 1 aliphatic carbocycles. The topological polar surface area (TPSA) is 58.2 Å². The fraction of sp³-hybridized carbons (Fsp3) is 1.00. The molecular formula is C8H13F3N2O2S. The van der Waals surface area contributed by atoms with Crippen LogP contribution in [-0.4, -0.2) is 38.5 Å². The smallest absolute Gasteiger partial charge is 0.315 e. The third kappa shape index (κ3) is 2.05. The van der Waals surface area contributed by atoms with E-state index < -0.39 is 27.0 Å². The first-order valence-corrected chi connectivity index (χ1v) is 6.62. The molecule has 2 fully saturated rings. The van der Waals surface area contributed by atoms with E-state index in [-0.39, 0.29) is 19.4 Å². The molecule has 2 N–H and O–H groups in total. The summed E-state index contributed by atoms with van der Waals surface area (Å²) in [7, 11) is -3.87. The van der Waals surface area contributed by atoms with Gasteiger partial charge in [-0.25, -0.2) is 8.42 Å². The highest BCUT2D eigenvalue weighted by Gasteiger charge is 2.65. The van der Waals surface area contributed by atoms with Gasteiger partial charge in [0.1, 0.15) is 5.54 Å². The van der Waals surface area contributed by atoms with Crippen molar-refractivity contribution in [2.24, 2.45) is 0 Å². The van der Waals surface area contributed by atoms with Crippen LogP contribution in [0.4, 0.5) is 13.2 Å². The number of hydrogen-bond donors (Lipinski definition) is 2. The van der Waals surface area contributed by atoms with Crippen molar-refractivity contribution in [2.75, 3.05) is 13.1 Å². The van der Waals surface area contributed by atoms with Crippen LogP contribution < -0.4 is 10.0 Å². The van der Waals surface area contributed by atoms with Gasteiger partial charge in [0.2, 0.25) is 10.0 Å². The van der Waals surface area contributed by atoms with E-state index >= 15 is 0 Å². The Labute approximate surface area is 91.6 Å². The summed E-state index contributed by atoms with van der Waals surface area (Å²) in [5, 5.41) is 2.08. The van der Waals surface area contributed by atoms with Crippen LogP contribution in [0.1, 0.15) is 19.3 Å². The van der Waals surface area contributed by atoms with Crippen LogP contribution >= 0.6 is 0 Å². The molecule has 0 aromatic carbocycles. The first kappa shape index (κ1) is 12.1. The quantitative estimate of drug-likeness (QED) is 0.768. The number of rotatable bonds is 3. The lowest BCUT2D eigenvalue weighted by atomic mass is 10.3. The summed E-state index contributed by atoms with van der Waals surface area (Å²) in [5.74, 6) is 0. The Morgan fingerprint density at radius 2 is 1.94 bits per heavy atom. The maximum atomic E-state index is 12.6. The number of alkyl halides is 3. The zero-order valence-electron chi connectivity index (χ0n) is 8.47. The highest BCUT2D eigenvalue weighted by molar-refractivity contribution is 7.90. The summed E-state index contributed by atoms with van der Waals surface area (Å²) in [6, 6.07) is 0. The van der Waals surface area contributed by atoms with Crippen LogP contribution in [0, 0.1) is 0 Å². The lowest BCUT2D eigenvalue weighted by Gasteiger charge is -2.22. The van der Waals surface area contributed by atoms with Gasteiger partial charge in [0.15, 0.2) is 0 Å². The van der Waals surface area contributed by atoms with E-state index in [0.29, 0.717) is 13.0 Å². The van der Waals surface area contributed by atoms with E-state index in [2.05, 4.69) is 5.32 Å². The van der Waals surface area contributed by atoms with Crippen LogP contribution in [-0.2, 0) is 10.0 Å². The Hall–Kier alpha value is -0.340. The van der Waals surface area contributed by atoms with Crippen molar-refractivity contribution < 1.29 is 21.6 Å². The standard InChI is InChI=1S/C8H13F3N2O2S/c9-8(10,11)7(2-3-7)13-16(14,15)6-1-4-12-5-6/h6,12-13H,1-5H2. The second-order valence-corrected chi connectivity index (χ2v) is 6.30. The minimum atomic E-state index is -4.49. The monoisotopic (exact) mass is 258 g/mol. The highest BCUT2D eigenvalue weighted by Crippen LogP contribution is 2.49. The largest absolute Gasteiger partial charge is 0.407 e. The van der Waals surface area contributed by atoms with Gasteiger partial charge in [0, 0.05) is 6.54 Å². The summed E-state index contributed by atoms with van der Waals surface area (Å²) in [4.78, 5) is 0. The predicted octanol–water partition coefficient (Wildman–Crippen LogP) is 0.363.